The van der Waals surface area contributed by atoms with Gasteiger partial charge in [-0.2, -0.15) is 9.61 Å². The van der Waals surface area contributed by atoms with Crippen molar-refractivity contribution in [2.45, 2.75) is 78.0 Å². The summed E-state index contributed by atoms with van der Waals surface area (Å²) in [5.74, 6) is 1.27. The number of aryl methyl sites for hydroxylation is 1. The van der Waals surface area contributed by atoms with Crippen molar-refractivity contribution in [1.82, 2.24) is 24.4 Å². The molecule has 2 aliphatic heterocycles. The van der Waals surface area contributed by atoms with Crippen molar-refractivity contribution in [1.29, 1.82) is 0 Å². The molecule has 0 atom stereocenters. The van der Waals surface area contributed by atoms with Gasteiger partial charge in [0, 0.05) is 36.5 Å². The van der Waals surface area contributed by atoms with Gasteiger partial charge in [0.25, 0.3) is 0 Å². The largest absolute Gasteiger partial charge is 0.444 e. The number of amides is 2. The summed E-state index contributed by atoms with van der Waals surface area (Å²) < 4.78 is 12.8. The zero-order chi connectivity index (χ0) is 24.6. The predicted octanol–water partition coefficient (Wildman–Crippen LogP) is 3.79. The molecular weight excluding hydrogens is 436 g/mol. The van der Waals surface area contributed by atoms with Gasteiger partial charge in [0.2, 0.25) is 0 Å². The second-order valence-electron chi connectivity index (χ2n) is 10.6. The molecular formula is C24H36N6O4. The molecule has 0 aliphatic carbocycles. The highest BCUT2D eigenvalue weighted by molar-refractivity contribution is 5.71. The van der Waals surface area contributed by atoms with E-state index in [0.717, 1.165) is 35.6 Å². The van der Waals surface area contributed by atoms with Crippen LogP contribution in [0.15, 0.2) is 12.3 Å². The lowest BCUT2D eigenvalue weighted by atomic mass is 10.1. The van der Waals surface area contributed by atoms with Gasteiger partial charge in [-0.25, -0.2) is 14.6 Å². The molecule has 10 nitrogen and oxygen atoms in total. The van der Waals surface area contributed by atoms with Crippen LogP contribution in [0.3, 0.4) is 0 Å². The molecule has 0 bridgehead atoms. The number of hydrogen-bond donors (Lipinski definition) is 1. The Labute approximate surface area is 200 Å². The van der Waals surface area contributed by atoms with Crippen LogP contribution in [-0.2, 0) is 9.47 Å². The second-order valence-corrected chi connectivity index (χ2v) is 10.6. The molecule has 0 saturated carbocycles. The normalized spacial score (nSPS) is 17.7. The Bertz CT molecular complexity index is 1050. The van der Waals surface area contributed by atoms with Gasteiger partial charge in [-0.3, -0.25) is 0 Å². The molecule has 2 amide bonds. The predicted molar refractivity (Wildman–Crippen MR) is 128 cm³/mol. The number of nitrogens with zero attached hydrogens (tertiary/aromatic N) is 5. The summed E-state index contributed by atoms with van der Waals surface area (Å²) >= 11 is 0. The number of hydrogen-bond acceptors (Lipinski definition) is 7. The Balaban J connectivity index is 1.26. The molecule has 2 saturated heterocycles. The monoisotopic (exact) mass is 472 g/mol. The van der Waals surface area contributed by atoms with Crippen LogP contribution in [0.25, 0.3) is 5.65 Å². The van der Waals surface area contributed by atoms with Crippen LogP contribution in [0.2, 0.25) is 0 Å². The average molecular weight is 473 g/mol. The Kier molecular flexibility index (Phi) is 6.60. The zero-order valence-corrected chi connectivity index (χ0v) is 21.0. The lowest BCUT2D eigenvalue weighted by Gasteiger charge is -2.40. The number of aromatic nitrogens is 3. The van der Waals surface area contributed by atoms with Crippen LogP contribution < -0.4 is 5.32 Å². The highest BCUT2D eigenvalue weighted by atomic mass is 16.6. The third-order valence-electron chi connectivity index (χ3n) is 6.12. The third-order valence-corrected chi connectivity index (χ3v) is 6.12. The number of likely N-dealkylation sites (tertiary alicyclic amines) is 2. The van der Waals surface area contributed by atoms with Crippen LogP contribution in [0, 0.1) is 6.92 Å². The van der Waals surface area contributed by atoms with Crippen LogP contribution in [-0.4, -0.2) is 80.5 Å². The summed E-state index contributed by atoms with van der Waals surface area (Å²) in [6.07, 6.45) is 2.54. The molecule has 2 aromatic rings. The molecule has 1 N–H and O–H groups in total. The summed E-state index contributed by atoms with van der Waals surface area (Å²) in [6, 6.07) is 2.24. The molecule has 186 valence electrons. The number of nitrogens with one attached hydrogen (secondary N) is 1. The smallest absolute Gasteiger partial charge is 0.410 e. The maximum atomic E-state index is 12.6. The maximum Gasteiger partial charge on any atom is 0.410 e. The van der Waals surface area contributed by atoms with Crippen molar-refractivity contribution in [2.75, 3.05) is 31.5 Å². The van der Waals surface area contributed by atoms with E-state index in [1.54, 1.807) is 9.80 Å². The van der Waals surface area contributed by atoms with Crippen LogP contribution >= 0.6 is 0 Å². The van der Waals surface area contributed by atoms with E-state index in [1.807, 2.05) is 44.5 Å². The number of anilines is 1. The number of carbonyl (C=O) groups is 2. The average Bonchev–Trinajstić information content (AvgIpc) is 3.13. The first-order chi connectivity index (χ1) is 16.0. The summed E-state index contributed by atoms with van der Waals surface area (Å²) in [6.45, 7) is 13.7. The molecule has 4 heterocycles. The highest BCUT2D eigenvalue weighted by Gasteiger charge is 2.37. The summed E-state index contributed by atoms with van der Waals surface area (Å²) in [4.78, 5) is 32.6. The number of piperidine rings is 1. The number of ether oxygens (including phenoxy) is 2. The van der Waals surface area contributed by atoms with Gasteiger partial charge in [0.05, 0.1) is 19.3 Å². The minimum Gasteiger partial charge on any atom is -0.444 e. The molecule has 0 unspecified atom stereocenters. The molecule has 0 radical (unpaired) electrons. The quantitative estimate of drug-likeness (QED) is 0.722. The van der Waals surface area contributed by atoms with E-state index >= 15 is 0 Å². The van der Waals surface area contributed by atoms with E-state index in [-0.39, 0.29) is 24.3 Å². The Hall–Kier alpha value is -3.04. The van der Waals surface area contributed by atoms with Crippen molar-refractivity contribution in [3.63, 3.8) is 0 Å². The lowest BCUT2D eigenvalue weighted by Crippen LogP contribution is -2.57. The van der Waals surface area contributed by atoms with E-state index in [0.29, 0.717) is 32.1 Å². The van der Waals surface area contributed by atoms with Crippen LogP contribution in [0.1, 0.15) is 64.6 Å². The fraction of sp³-hybridized carbons (Fsp3) is 0.667. The van der Waals surface area contributed by atoms with E-state index in [2.05, 4.69) is 29.2 Å². The van der Waals surface area contributed by atoms with Gasteiger partial charge in [-0.05, 0) is 46.5 Å². The van der Waals surface area contributed by atoms with E-state index in [4.69, 9.17) is 9.47 Å². The summed E-state index contributed by atoms with van der Waals surface area (Å²) in [5, 5.41) is 8.15. The van der Waals surface area contributed by atoms with E-state index < -0.39 is 5.60 Å². The van der Waals surface area contributed by atoms with Gasteiger partial charge in [0.15, 0.2) is 5.65 Å². The molecule has 0 aromatic carbocycles. The fourth-order valence-electron chi connectivity index (χ4n) is 4.23. The second kappa shape index (κ2) is 9.31. The number of rotatable bonds is 4. The van der Waals surface area contributed by atoms with E-state index in [1.165, 1.54) is 0 Å². The molecule has 10 heteroatoms. The maximum absolute atomic E-state index is 12.6. The molecule has 34 heavy (non-hydrogen) atoms. The standard InChI is InChI=1S/C24H36N6O4/c1-15(2)19-12-25-30-20(11-16(3)26-21(19)30)27-17-7-9-28(10-8-17)22(31)33-18-13-29(14-18)23(32)34-24(4,5)6/h11-12,15,17-18,27H,7-10,13-14H2,1-6H3. The lowest BCUT2D eigenvalue weighted by molar-refractivity contribution is -0.0446. The molecule has 2 fully saturated rings. The van der Waals surface area contributed by atoms with E-state index in [9.17, 15) is 9.59 Å². The molecule has 2 aliphatic rings. The minimum absolute atomic E-state index is 0.229. The van der Waals surface area contributed by atoms with Crippen LogP contribution in [0.4, 0.5) is 15.4 Å². The fourth-order valence-corrected chi connectivity index (χ4v) is 4.23. The molecule has 0 spiro atoms. The van der Waals surface area contributed by atoms with Crippen molar-refractivity contribution < 1.29 is 19.1 Å². The number of fused-ring (bicyclic) bond motifs is 1. The van der Waals surface area contributed by atoms with Gasteiger partial charge < -0.3 is 24.6 Å². The van der Waals surface area contributed by atoms with Gasteiger partial charge in [-0.1, -0.05) is 13.8 Å². The summed E-state index contributed by atoms with van der Waals surface area (Å²) in [7, 11) is 0. The van der Waals surface area contributed by atoms with Gasteiger partial charge in [0.1, 0.15) is 17.5 Å². The van der Waals surface area contributed by atoms with Crippen molar-refractivity contribution in [3.05, 3.63) is 23.5 Å². The minimum atomic E-state index is -0.536. The first-order valence-electron chi connectivity index (χ1n) is 12.1. The van der Waals surface area contributed by atoms with Crippen molar-refractivity contribution in [2.24, 2.45) is 0 Å². The Morgan fingerprint density at radius 3 is 2.41 bits per heavy atom. The third kappa shape index (κ3) is 5.37. The van der Waals surface area contributed by atoms with Crippen LogP contribution in [0.5, 0.6) is 0 Å². The first kappa shape index (κ1) is 24.1. The van der Waals surface area contributed by atoms with Crippen molar-refractivity contribution >= 4 is 23.7 Å². The molecule has 4 rings (SSSR count). The Morgan fingerprint density at radius 1 is 1.12 bits per heavy atom. The van der Waals surface area contributed by atoms with Gasteiger partial charge >= 0.3 is 12.2 Å². The summed E-state index contributed by atoms with van der Waals surface area (Å²) in [5.41, 5.74) is 2.43. The van der Waals surface area contributed by atoms with Crippen molar-refractivity contribution in [3.8, 4) is 0 Å². The SMILES string of the molecule is Cc1cc(NC2CCN(C(=O)OC3CN(C(=O)OC(C)(C)C)C3)CC2)n2ncc(C(C)C)c2n1. The zero-order valence-electron chi connectivity index (χ0n) is 21.0. The first-order valence-corrected chi connectivity index (χ1v) is 12.1. The topological polar surface area (TPSA) is 101 Å². The highest BCUT2D eigenvalue weighted by Crippen LogP contribution is 2.24. The van der Waals surface area contributed by atoms with Gasteiger partial charge in [-0.15, -0.1) is 0 Å². The molecule has 2 aromatic heterocycles. The Morgan fingerprint density at radius 2 is 1.79 bits per heavy atom. The number of carbonyl (C=O) groups excluding carboxylic acids is 2.